The molecule has 0 heterocycles. The molecule has 0 aromatic heterocycles. The normalized spacial score (nSPS) is 10.6. The number of nitrogens with zero attached hydrogens (tertiary/aromatic N) is 1. The lowest BCUT2D eigenvalue weighted by Crippen LogP contribution is -2.05. The van der Waals surface area contributed by atoms with Crippen molar-refractivity contribution < 1.29 is 14.7 Å². The Hall–Kier alpha value is -1.55. The second-order valence-electron chi connectivity index (χ2n) is 2.98. The molecule has 0 aliphatic rings. The number of oxime groups is 1. The number of esters is 1. The van der Waals surface area contributed by atoms with Crippen molar-refractivity contribution in [3.8, 4) is 5.75 Å². The van der Waals surface area contributed by atoms with Crippen LogP contribution in [0.15, 0.2) is 17.3 Å². The van der Waals surface area contributed by atoms with Crippen LogP contribution < -0.4 is 4.74 Å². The van der Waals surface area contributed by atoms with Crippen molar-refractivity contribution in [1.29, 1.82) is 0 Å². The molecule has 1 rings (SSSR count). The highest BCUT2D eigenvalue weighted by Crippen LogP contribution is 2.26. The van der Waals surface area contributed by atoms with Crippen LogP contribution in [-0.2, 0) is 4.79 Å². The highest BCUT2D eigenvalue weighted by atomic mass is 35.5. The molecule has 1 aromatic rings. The summed E-state index contributed by atoms with van der Waals surface area (Å²) in [4.78, 5) is 10.8. The van der Waals surface area contributed by atoms with Crippen LogP contribution in [-0.4, -0.2) is 17.4 Å². The minimum absolute atomic E-state index is 0.352. The first kappa shape index (κ1) is 11.5. The summed E-state index contributed by atoms with van der Waals surface area (Å²) in [5, 5.41) is 11.8. The van der Waals surface area contributed by atoms with Crippen LogP contribution in [0.25, 0.3) is 0 Å². The second kappa shape index (κ2) is 4.79. The van der Waals surface area contributed by atoms with Crippen molar-refractivity contribution in [2.45, 2.75) is 13.8 Å². The van der Waals surface area contributed by atoms with Gasteiger partial charge in [0.1, 0.15) is 5.75 Å². The van der Waals surface area contributed by atoms with E-state index in [2.05, 4.69) is 5.16 Å². The van der Waals surface area contributed by atoms with Crippen LogP contribution in [0.3, 0.4) is 0 Å². The Labute approximate surface area is 92.1 Å². The number of rotatable bonds is 2. The highest BCUT2D eigenvalue weighted by Gasteiger charge is 2.09. The maximum Gasteiger partial charge on any atom is 0.308 e. The first-order valence-corrected chi connectivity index (χ1v) is 4.58. The van der Waals surface area contributed by atoms with Gasteiger partial charge in [0, 0.05) is 17.5 Å². The molecule has 4 nitrogen and oxygen atoms in total. The SMILES string of the molecule is CC(=O)Oc1c(C)cc(Cl)cc1/C=N\O. The van der Waals surface area contributed by atoms with E-state index in [-0.39, 0.29) is 0 Å². The van der Waals surface area contributed by atoms with Gasteiger partial charge in [-0.3, -0.25) is 4.79 Å². The van der Waals surface area contributed by atoms with E-state index in [9.17, 15) is 4.79 Å². The molecule has 0 aliphatic heterocycles. The molecule has 0 bridgehead atoms. The number of benzene rings is 1. The molecule has 5 heteroatoms. The topological polar surface area (TPSA) is 58.9 Å². The predicted molar refractivity (Wildman–Crippen MR) is 56.9 cm³/mol. The number of carbonyl (C=O) groups excluding carboxylic acids is 1. The smallest absolute Gasteiger partial charge is 0.308 e. The Morgan fingerprint density at radius 3 is 2.80 bits per heavy atom. The zero-order chi connectivity index (χ0) is 11.4. The minimum Gasteiger partial charge on any atom is -0.426 e. The number of hydrogen-bond donors (Lipinski definition) is 1. The fraction of sp³-hybridized carbons (Fsp3) is 0.200. The molecule has 0 aliphatic carbocycles. The van der Waals surface area contributed by atoms with Crippen molar-refractivity contribution in [1.82, 2.24) is 0 Å². The van der Waals surface area contributed by atoms with Crippen molar-refractivity contribution in [3.05, 3.63) is 28.3 Å². The minimum atomic E-state index is -0.437. The Bertz CT molecular complexity index is 415. The Morgan fingerprint density at radius 1 is 1.60 bits per heavy atom. The van der Waals surface area contributed by atoms with Gasteiger partial charge in [0.05, 0.1) is 6.21 Å². The molecule has 0 unspecified atom stereocenters. The molecule has 0 amide bonds. The molecule has 15 heavy (non-hydrogen) atoms. The van der Waals surface area contributed by atoms with Crippen molar-refractivity contribution in [2.24, 2.45) is 5.16 Å². The van der Waals surface area contributed by atoms with E-state index >= 15 is 0 Å². The maximum absolute atomic E-state index is 10.8. The van der Waals surface area contributed by atoms with Crippen molar-refractivity contribution in [3.63, 3.8) is 0 Å². The lowest BCUT2D eigenvalue weighted by atomic mass is 10.1. The quantitative estimate of drug-likeness (QED) is 0.277. The van der Waals surface area contributed by atoms with E-state index in [0.717, 1.165) is 6.21 Å². The lowest BCUT2D eigenvalue weighted by Gasteiger charge is -2.08. The Morgan fingerprint density at radius 2 is 2.27 bits per heavy atom. The van der Waals surface area contributed by atoms with Gasteiger partial charge < -0.3 is 9.94 Å². The molecule has 0 atom stereocenters. The number of ether oxygens (including phenoxy) is 1. The molecule has 80 valence electrons. The zero-order valence-corrected chi connectivity index (χ0v) is 9.08. The zero-order valence-electron chi connectivity index (χ0n) is 8.32. The number of hydrogen-bond acceptors (Lipinski definition) is 4. The molecule has 1 N–H and O–H groups in total. The molecule has 0 spiro atoms. The molecule has 0 radical (unpaired) electrons. The Balaban J connectivity index is 3.26. The summed E-state index contributed by atoms with van der Waals surface area (Å²) in [5.74, 6) is -0.0855. The van der Waals surface area contributed by atoms with Crippen molar-refractivity contribution >= 4 is 23.8 Å². The van der Waals surface area contributed by atoms with Gasteiger partial charge in [-0.1, -0.05) is 16.8 Å². The summed E-state index contributed by atoms with van der Waals surface area (Å²) in [7, 11) is 0. The molecule has 0 saturated heterocycles. The fourth-order valence-corrected chi connectivity index (χ4v) is 1.48. The summed E-state index contributed by atoms with van der Waals surface area (Å²) in [5.41, 5.74) is 1.16. The summed E-state index contributed by atoms with van der Waals surface area (Å²) >= 11 is 5.81. The van der Waals surface area contributed by atoms with Gasteiger partial charge >= 0.3 is 5.97 Å². The second-order valence-corrected chi connectivity index (χ2v) is 3.42. The molecule has 0 saturated carbocycles. The average molecular weight is 228 g/mol. The summed E-state index contributed by atoms with van der Waals surface area (Å²) in [6.07, 6.45) is 1.16. The highest BCUT2D eigenvalue weighted by molar-refractivity contribution is 6.31. The van der Waals surface area contributed by atoms with E-state index in [1.54, 1.807) is 19.1 Å². The monoisotopic (exact) mass is 227 g/mol. The van der Waals surface area contributed by atoms with E-state index in [1.807, 2.05) is 0 Å². The third-order valence-corrected chi connectivity index (χ3v) is 1.93. The van der Waals surface area contributed by atoms with E-state index in [0.29, 0.717) is 21.9 Å². The van der Waals surface area contributed by atoms with Gasteiger partial charge in [0.25, 0.3) is 0 Å². The lowest BCUT2D eigenvalue weighted by molar-refractivity contribution is -0.131. The number of carbonyl (C=O) groups is 1. The molecule has 1 aromatic carbocycles. The summed E-state index contributed by atoms with van der Waals surface area (Å²) < 4.78 is 4.98. The summed E-state index contributed by atoms with van der Waals surface area (Å²) in [6, 6.07) is 3.21. The average Bonchev–Trinajstić information content (AvgIpc) is 2.11. The molecular formula is C10H10ClNO3. The van der Waals surface area contributed by atoms with Crippen LogP contribution in [0.4, 0.5) is 0 Å². The van der Waals surface area contributed by atoms with Gasteiger partial charge in [-0.15, -0.1) is 0 Å². The first-order chi connectivity index (χ1) is 7.04. The van der Waals surface area contributed by atoms with Crippen LogP contribution in [0.1, 0.15) is 18.1 Å². The van der Waals surface area contributed by atoms with E-state index < -0.39 is 5.97 Å². The van der Waals surface area contributed by atoms with Gasteiger partial charge in [-0.25, -0.2) is 0 Å². The largest absolute Gasteiger partial charge is 0.426 e. The first-order valence-electron chi connectivity index (χ1n) is 4.20. The number of halogens is 1. The third-order valence-electron chi connectivity index (χ3n) is 1.71. The van der Waals surface area contributed by atoms with E-state index in [1.165, 1.54) is 6.92 Å². The fourth-order valence-electron chi connectivity index (χ4n) is 1.20. The van der Waals surface area contributed by atoms with Crippen LogP contribution >= 0.6 is 11.6 Å². The number of aryl methyl sites for hydroxylation is 1. The maximum atomic E-state index is 10.8. The third kappa shape index (κ3) is 2.95. The van der Waals surface area contributed by atoms with E-state index in [4.69, 9.17) is 21.5 Å². The Kier molecular flexibility index (Phi) is 3.68. The van der Waals surface area contributed by atoms with Crippen LogP contribution in [0.5, 0.6) is 5.75 Å². The van der Waals surface area contributed by atoms with Gasteiger partial charge in [-0.05, 0) is 24.6 Å². The summed E-state index contributed by atoms with van der Waals surface area (Å²) in [6.45, 7) is 3.05. The van der Waals surface area contributed by atoms with Crippen LogP contribution in [0.2, 0.25) is 5.02 Å². The van der Waals surface area contributed by atoms with Gasteiger partial charge in [0.15, 0.2) is 0 Å². The van der Waals surface area contributed by atoms with Crippen molar-refractivity contribution in [2.75, 3.05) is 0 Å². The van der Waals surface area contributed by atoms with Gasteiger partial charge in [0.2, 0.25) is 0 Å². The standard InChI is InChI=1S/C10H10ClNO3/c1-6-3-9(11)4-8(5-12-14)10(6)15-7(2)13/h3-5,14H,1-2H3/b12-5-. The van der Waals surface area contributed by atoms with Gasteiger partial charge in [-0.2, -0.15) is 0 Å². The van der Waals surface area contributed by atoms with Crippen LogP contribution in [0, 0.1) is 6.92 Å². The predicted octanol–water partition coefficient (Wildman–Crippen LogP) is 2.38. The molecular weight excluding hydrogens is 218 g/mol. The molecule has 0 fully saturated rings.